The summed E-state index contributed by atoms with van der Waals surface area (Å²) in [6.45, 7) is 2.99. The molecule has 6 heteroatoms. The highest BCUT2D eigenvalue weighted by Crippen LogP contribution is 2.20. The van der Waals surface area contributed by atoms with Crippen molar-refractivity contribution in [2.24, 2.45) is 0 Å². The van der Waals surface area contributed by atoms with Crippen LogP contribution in [0.25, 0.3) is 0 Å². The third-order valence-corrected chi connectivity index (χ3v) is 5.87. The standard InChI is InChI=1S/C14H22N2O2S2/c1-2-9-15-12-3-5-14(6-4-12)20(17,18)16-13-7-10-19-11-8-13/h3-6,13,15-16H,2,7-11H2,1H3. The number of sulfonamides is 1. The third-order valence-electron chi connectivity index (χ3n) is 3.29. The molecule has 0 radical (unpaired) electrons. The van der Waals surface area contributed by atoms with Crippen LogP contribution in [0.2, 0.25) is 0 Å². The predicted molar refractivity (Wildman–Crippen MR) is 85.9 cm³/mol. The van der Waals surface area contributed by atoms with Gasteiger partial charge < -0.3 is 5.32 Å². The van der Waals surface area contributed by atoms with Gasteiger partial charge in [-0.1, -0.05) is 6.92 Å². The van der Waals surface area contributed by atoms with E-state index in [-0.39, 0.29) is 6.04 Å². The molecule has 1 aliphatic heterocycles. The highest BCUT2D eigenvalue weighted by atomic mass is 32.2. The second-order valence-corrected chi connectivity index (χ2v) is 7.90. The molecule has 1 saturated heterocycles. The van der Waals surface area contributed by atoms with Gasteiger partial charge in [0.15, 0.2) is 0 Å². The van der Waals surface area contributed by atoms with Crippen molar-refractivity contribution >= 4 is 27.5 Å². The molecule has 2 N–H and O–H groups in total. The quantitative estimate of drug-likeness (QED) is 0.847. The zero-order valence-corrected chi connectivity index (χ0v) is 13.4. The van der Waals surface area contributed by atoms with Crippen LogP contribution in [0.1, 0.15) is 26.2 Å². The normalized spacial score (nSPS) is 17.1. The van der Waals surface area contributed by atoms with Gasteiger partial charge in [-0.25, -0.2) is 13.1 Å². The zero-order valence-electron chi connectivity index (χ0n) is 11.8. The van der Waals surface area contributed by atoms with E-state index in [1.54, 1.807) is 12.1 Å². The maximum atomic E-state index is 12.3. The maximum absolute atomic E-state index is 12.3. The molecule has 0 unspecified atom stereocenters. The minimum Gasteiger partial charge on any atom is -0.385 e. The number of nitrogens with one attached hydrogen (secondary N) is 2. The van der Waals surface area contributed by atoms with Crippen LogP contribution in [0.3, 0.4) is 0 Å². The smallest absolute Gasteiger partial charge is 0.240 e. The van der Waals surface area contributed by atoms with Crippen molar-refractivity contribution in [3.8, 4) is 0 Å². The van der Waals surface area contributed by atoms with Gasteiger partial charge in [0, 0.05) is 18.3 Å². The van der Waals surface area contributed by atoms with Crippen LogP contribution in [0.15, 0.2) is 29.2 Å². The van der Waals surface area contributed by atoms with E-state index in [1.165, 1.54) is 0 Å². The molecule has 1 heterocycles. The number of rotatable bonds is 6. The molecule has 20 heavy (non-hydrogen) atoms. The van der Waals surface area contributed by atoms with Crippen LogP contribution in [0.4, 0.5) is 5.69 Å². The van der Waals surface area contributed by atoms with Crippen LogP contribution in [-0.4, -0.2) is 32.5 Å². The molecule has 1 aromatic carbocycles. The number of hydrogen-bond donors (Lipinski definition) is 2. The molecule has 0 aliphatic carbocycles. The minimum absolute atomic E-state index is 0.0825. The SMILES string of the molecule is CCCNc1ccc(S(=O)(=O)NC2CCSCC2)cc1. The van der Waals surface area contributed by atoms with Gasteiger partial charge in [0.2, 0.25) is 10.0 Å². The summed E-state index contributed by atoms with van der Waals surface area (Å²) < 4.78 is 27.4. The van der Waals surface area contributed by atoms with Gasteiger partial charge in [0.25, 0.3) is 0 Å². The van der Waals surface area contributed by atoms with Crippen LogP contribution < -0.4 is 10.0 Å². The first kappa shape index (κ1) is 15.7. The zero-order chi connectivity index (χ0) is 14.4. The molecular formula is C14H22N2O2S2. The first-order valence-corrected chi connectivity index (χ1v) is 9.69. The molecule has 1 aliphatic rings. The average Bonchev–Trinajstić information content (AvgIpc) is 2.46. The summed E-state index contributed by atoms with van der Waals surface area (Å²) in [4.78, 5) is 0.345. The Morgan fingerprint density at radius 1 is 1.20 bits per heavy atom. The molecule has 112 valence electrons. The molecule has 4 nitrogen and oxygen atoms in total. The summed E-state index contributed by atoms with van der Waals surface area (Å²) in [5.41, 5.74) is 0.958. The highest BCUT2D eigenvalue weighted by Gasteiger charge is 2.21. The fourth-order valence-electron chi connectivity index (χ4n) is 2.12. The van der Waals surface area contributed by atoms with E-state index in [4.69, 9.17) is 0 Å². The lowest BCUT2D eigenvalue weighted by Gasteiger charge is -2.22. The van der Waals surface area contributed by atoms with Gasteiger partial charge in [-0.2, -0.15) is 11.8 Å². The van der Waals surface area contributed by atoms with Gasteiger partial charge >= 0.3 is 0 Å². The number of anilines is 1. The number of benzene rings is 1. The van der Waals surface area contributed by atoms with Crippen molar-refractivity contribution in [1.82, 2.24) is 4.72 Å². The van der Waals surface area contributed by atoms with Crippen molar-refractivity contribution in [3.63, 3.8) is 0 Å². The van der Waals surface area contributed by atoms with Crippen molar-refractivity contribution in [3.05, 3.63) is 24.3 Å². The minimum atomic E-state index is -3.38. The second-order valence-electron chi connectivity index (χ2n) is 4.96. The van der Waals surface area contributed by atoms with E-state index in [0.29, 0.717) is 4.90 Å². The Morgan fingerprint density at radius 3 is 2.45 bits per heavy atom. The monoisotopic (exact) mass is 314 g/mol. The van der Waals surface area contributed by atoms with Crippen molar-refractivity contribution in [2.45, 2.75) is 37.1 Å². The fourth-order valence-corrected chi connectivity index (χ4v) is 4.54. The summed E-state index contributed by atoms with van der Waals surface area (Å²) >= 11 is 1.89. The molecule has 0 amide bonds. The van der Waals surface area contributed by atoms with Gasteiger partial charge in [-0.3, -0.25) is 0 Å². The van der Waals surface area contributed by atoms with E-state index in [1.807, 2.05) is 23.9 Å². The molecule has 0 saturated carbocycles. The fraction of sp³-hybridized carbons (Fsp3) is 0.571. The predicted octanol–water partition coefficient (Wildman–Crippen LogP) is 2.68. The summed E-state index contributed by atoms with van der Waals surface area (Å²) in [5.74, 6) is 2.07. The first-order valence-electron chi connectivity index (χ1n) is 7.06. The van der Waals surface area contributed by atoms with Crippen LogP contribution in [-0.2, 0) is 10.0 Å². The Kier molecular flexibility index (Phi) is 5.74. The number of thioether (sulfide) groups is 1. The summed E-state index contributed by atoms with van der Waals surface area (Å²) in [5, 5.41) is 3.24. The largest absolute Gasteiger partial charge is 0.385 e. The van der Waals surface area contributed by atoms with Crippen molar-refractivity contribution < 1.29 is 8.42 Å². The lowest BCUT2D eigenvalue weighted by atomic mass is 10.2. The van der Waals surface area contributed by atoms with Gasteiger partial charge in [0.05, 0.1) is 4.90 Å². The van der Waals surface area contributed by atoms with E-state index in [0.717, 1.165) is 43.0 Å². The molecule has 0 atom stereocenters. The van der Waals surface area contributed by atoms with Crippen LogP contribution >= 0.6 is 11.8 Å². The van der Waals surface area contributed by atoms with Gasteiger partial charge in [-0.05, 0) is 55.0 Å². The second kappa shape index (κ2) is 7.33. The Labute approximate surface area is 125 Å². The Bertz CT molecular complexity index is 508. The van der Waals surface area contributed by atoms with Crippen molar-refractivity contribution in [2.75, 3.05) is 23.4 Å². The summed E-state index contributed by atoms with van der Waals surface area (Å²) in [7, 11) is -3.38. The highest BCUT2D eigenvalue weighted by molar-refractivity contribution is 7.99. The topological polar surface area (TPSA) is 58.2 Å². The van der Waals surface area contributed by atoms with Crippen molar-refractivity contribution in [1.29, 1.82) is 0 Å². The summed E-state index contributed by atoms with van der Waals surface area (Å²) in [6.07, 6.45) is 2.88. The van der Waals surface area contributed by atoms with Gasteiger partial charge in [0.1, 0.15) is 0 Å². The molecule has 0 spiro atoms. The molecule has 1 fully saturated rings. The molecule has 0 bridgehead atoms. The molecule has 1 aromatic rings. The van der Waals surface area contributed by atoms with E-state index in [2.05, 4.69) is 17.0 Å². The van der Waals surface area contributed by atoms with Crippen LogP contribution in [0, 0.1) is 0 Å². The average molecular weight is 314 g/mol. The van der Waals surface area contributed by atoms with Crippen LogP contribution in [0.5, 0.6) is 0 Å². The third kappa shape index (κ3) is 4.40. The van der Waals surface area contributed by atoms with E-state index in [9.17, 15) is 8.42 Å². The Balaban J connectivity index is 2.01. The number of hydrogen-bond acceptors (Lipinski definition) is 4. The van der Waals surface area contributed by atoms with Gasteiger partial charge in [-0.15, -0.1) is 0 Å². The molecule has 0 aromatic heterocycles. The maximum Gasteiger partial charge on any atom is 0.240 e. The van der Waals surface area contributed by atoms with E-state index >= 15 is 0 Å². The first-order chi connectivity index (χ1) is 9.62. The lowest BCUT2D eigenvalue weighted by Crippen LogP contribution is -2.37. The molecular weight excluding hydrogens is 292 g/mol. The Morgan fingerprint density at radius 2 is 1.85 bits per heavy atom. The lowest BCUT2D eigenvalue weighted by molar-refractivity contribution is 0.529. The Hall–Kier alpha value is -0.720. The van der Waals surface area contributed by atoms with E-state index < -0.39 is 10.0 Å². The summed E-state index contributed by atoms with van der Waals surface area (Å²) in [6, 6.07) is 7.05. The molecule has 2 rings (SSSR count).